The van der Waals surface area contributed by atoms with Crippen molar-refractivity contribution < 1.29 is 59.3 Å². The molecule has 0 rings (SSSR count). The van der Waals surface area contributed by atoms with E-state index in [9.17, 15) is 0 Å². The van der Waals surface area contributed by atoms with E-state index in [4.69, 9.17) is 3.32 Å². The first-order valence-corrected chi connectivity index (χ1v) is 0.842. The second kappa shape index (κ2) is 16.3. The predicted molar refractivity (Wildman–Crippen MR) is 9.23 cm³/mol. The van der Waals surface area contributed by atoms with Gasteiger partial charge in [0.1, 0.15) is 0 Å². The van der Waals surface area contributed by atoms with Crippen molar-refractivity contribution in [1.82, 2.24) is 0 Å². The van der Waals surface area contributed by atoms with Crippen LogP contribution in [-0.2, 0) is 23.7 Å². The molecule has 0 fully saturated rings. The van der Waals surface area contributed by atoms with Gasteiger partial charge >= 0.3 is 72.6 Å². The number of hydrogen-bond donors (Lipinski definition) is 0. The van der Waals surface area contributed by atoms with Crippen molar-refractivity contribution in [3.05, 3.63) is 0 Å². The van der Waals surface area contributed by atoms with Crippen LogP contribution in [0.25, 0.3) is 0 Å². The molecule has 1 radical (unpaired) electrons. The standard InChI is InChI=1S/Ba.La.O.Ti.2H. The molecule has 4 heteroatoms. The van der Waals surface area contributed by atoms with E-state index >= 15 is 0 Å². The molecule has 1 nitrogen and oxygen atoms in total. The molecule has 0 heterocycles. The number of hydrogen-bond acceptors (Lipinski definition) is 1. The summed E-state index contributed by atoms with van der Waals surface area (Å²) in [5, 5.41) is 0. The monoisotopic (exact) mass is 343 g/mol. The van der Waals surface area contributed by atoms with Crippen LogP contribution in [0.5, 0.6) is 0 Å². The summed E-state index contributed by atoms with van der Waals surface area (Å²) in [5.41, 5.74) is 0. The van der Waals surface area contributed by atoms with Crippen LogP contribution < -0.4 is 0 Å². The molecule has 0 bridgehead atoms. The van der Waals surface area contributed by atoms with Crippen molar-refractivity contribution in [3.63, 3.8) is 0 Å². The molecule has 0 amide bonds. The van der Waals surface area contributed by atoms with Gasteiger partial charge in [0, 0.05) is 35.6 Å². The van der Waals surface area contributed by atoms with E-state index in [1.165, 1.54) is 0 Å². The van der Waals surface area contributed by atoms with Gasteiger partial charge in [0.2, 0.25) is 0 Å². The van der Waals surface area contributed by atoms with E-state index in [2.05, 4.69) is 0 Å². The van der Waals surface area contributed by atoms with Crippen LogP contribution >= 0.6 is 0 Å². The van der Waals surface area contributed by atoms with Gasteiger partial charge in [-0.05, 0) is 0 Å². The fourth-order valence-electron chi connectivity index (χ4n) is 0. The molecule has 0 aromatic carbocycles. The fraction of sp³-hybridized carbons (Fsp3) is 0. The van der Waals surface area contributed by atoms with Crippen LogP contribution in [0.2, 0.25) is 0 Å². The Morgan fingerprint density at radius 1 is 1.25 bits per heavy atom. The third kappa shape index (κ3) is 8.99. The topological polar surface area (TPSA) is 17.1 Å². The summed E-state index contributed by atoms with van der Waals surface area (Å²) in [5.74, 6) is 0. The van der Waals surface area contributed by atoms with Gasteiger partial charge in [-0.2, -0.15) is 0 Å². The zero-order valence-electron chi connectivity index (χ0n) is 1.49. The molecule has 0 aromatic heterocycles. The normalized spacial score (nSPS) is 0.750. The molecule has 17 valence electrons. The zero-order chi connectivity index (χ0) is 2.00. The van der Waals surface area contributed by atoms with Crippen molar-refractivity contribution >= 4 is 48.9 Å². The van der Waals surface area contributed by atoms with Gasteiger partial charge in [-0.3, -0.25) is 0 Å². The Labute approximate surface area is 105 Å². The van der Waals surface area contributed by atoms with Crippen molar-refractivity contribution in [3.8, 4) is 0 Å². The molecule has 0 unspecified atom stereocenters. The quantitative estimate of drug-likeness (QED) is 0.515. The Balaban J connectivity index is -0.00000000500. The van der Waals surface area contributed by atoms with Crippen molar-refractivity contribution in [1.29, 1.82) is 0 Å². The summed E-state index contributed by atoms with van der Waals surface area (Å²) in [7, 11) is 0. The SMILES string of the molecule is [BaH2].[La].[O]=[Ti]. The average Bonchev–Trinajstić information content (AvgIpc) is 1.00. The summed E-state index contributed by atoms with van der Waals surface area (Å²) >= 11 is 0.750. The van der Waals surface area contributed by atoms with Crippen LogP contribution in [0.1, 0.15) is 0 Å². The maximum atomic E-state index is 8.25. The van der Waals surface area contributed by atoms with Gasteiger partial charge in [-0.15, -0.1) is 0 Å². The molecule has 0 spiro atoms. The van der Waals surface area contributed by atoms with E-state index in [0.29, 0.717) is 0 Å². The summed E-state index contributed by atoms with van der Waals surface area (Å²) in [6.45, 7) is 0. The van der Waals surface area contributed by atoms with E-state index in [-0.39, 0.29) is 84.5 Å². The van der Waals surface area contributed by atoms with Gasteiger partial charge < -0.3 is 0 Å². The van der Waals surface area contributed by atoms with E-state index in [0.717, 1.165) is 20.4 Å². The second-order valence-electron chi connectivity index (χ2n) is 0. The molecule has 0 atom stereocenters. The van der Waals surface area contributed by atoms with Crippen molar-refractivity contribution in [2.24, 2.45) is 0 Å². The first-order chi connectivity index (χ1) is 1.00. The van der Waals surface area contributed by atoms with E-state index in [1.54, 1.807) is 0 Å². The first kappa shape index (κ1) is 15.7. The van der Waals surface area contributed by atoms with Gasteiger partial charge in [0.05, 0.1) is 0 Å². The number of rotatable bonds is 0. The second-order valence-corrected chi connectivity index (χ2v) is 0. The molecule has 0 N–H and O–H groups in total. The Morgan fingerprint density at radius 3 is 1.25 bits per heavy atom. The van der Waals surface area contributed by atoms with Gasteiger partial charge in [-0.1, -0.05) is 0 Å². The van der Waals surface area contributed by atoms with E-state index < -0.39 is 0 Å². The van der Waals surface area contributed by atoms with Crippen molar-refractivity contribution in [2.45, 2.75) is 0 Å². The van der Waals surface area contributed by atoms with Gasteiger partial charge in [-0.25, -0.2) is 0 Å². The minimum absolute atomic E-state index is 0. The molecule has 0 saturated heterocycles. The molecule has 0 aromatic rings. The zero-order valence-corrected chi connectivity index (χ0v) is 6.67. The molecule has 0 aliphatic carbocycles. The average molecular weight is 342 g/mol. The minimum atomic E-state index is 0. The summed E-state index contributed by atoms with van der Waals surface area (Å²) in [4.78, 5) is 0. The van der Waals surface area contributed by atoms with Crippen molar-refractivity contribution in [2.75, 3.05) is 0 Å². The molecule has 0 saturated carbocycles. The van der Waals surface area contributed by atoms with Crippen LogP contribution in [-0.4, -0.2) is 48.9 Å². The Kier molecular flexibility index (Phi) is 63.8. The molecular weight excluding hydrogens is 340 g/mol. The van der Waals surface area contributed by atoms with Crippen LogP contribution in [0, 0.1) is 35.6 Å². The Hall–Kier alpha value is 3.28. The molecule has 0 aliphatic rings. The molecular formula is H2BaLaOTi. The van der Waals surface area contributed by atoms with Crippen LogP contribution in [0.15, 0.2) is 0 Å². The van der Waals surface area contributed by atoms with Crippen LogP contribution in [0.4, 0.5) is 0 Å². The first-order valence-electron chi connectivity index (χ1n) is 0.204. The predicted octanol–water partition coefficient (Wildman–Crippen LogP) is -1.04. The van der Waals surface area contributed by atoms with E-state index in [1.807, 2.05) is 0 Å². The van der Waals surface area contributed by atoms with Gasteiger partial charge in [0.15, 0.2) is 0 Å². The fourth-order valence-corrected chi connectivity index (χ4v) is 0. The van der Waals surface area contributed by atoms with Crippen LogP contribution in [0.3, 0.4) is 0 Å². The summed E-state index contributed by atoms with van der Waals surface area (Å²) in [6, 6.07) is 0. The molecule has 4 heavy (non-hydrogen) atoms. The maximum absolute atomic E-state index is 8.25. The Bertz CT molecular complexity index is 8.00. The third-order valence-corrected chi connectivity index (χ3v) is 0. The molecule has 0 aliphatic heterocycles. The van der Waals surface area contributed by atoms with Gasteiger partial charge in [0.25, 0.3) is 0 Å². The third-order valence-electron chi connectivity index (χ3n) is 0. The Morgan fingerprint density at radius 2 is 1.25 bits per heavy atom. The summed E-state index contributed by atoms with van der Waals surface area (Å²) in [6.07, 6.45) is 0. The summed E-state index contributed by atoms with van der Waals surface area (Å²) < 4.78 is 8.25.